The zero-order chi connectivity index (χ0) is 16.5. The number of benzene rings is 1. The summed E-state index contributed by atoms with van der Waals surface area (Å²) in [5.74, 6) is 0.674. The van der Waals surface area contributed by atoms with E-state index >= 15 is 0 Å². The van der Waals surface area contributed by atoms with Gasteiger partial charge in [0.1, 0.15) is 0 Å². The Morgan fingerprint density at radius 3 is 3.08 bits per heavy atom. The Morgan fingerprint density at radius 1 is 1.33 bits per heavy atom. The number of aromatic amines is 1. The molecule has 0 spiro atoms. The van der Waals surface area contributed by atoms with E-state index in [0.29, 0.717) is 12.3 Å². The van der Waals surface area contributed by atoms with Crippen molar-refractivity contribution in [3.8, 4) is 0 Å². The molecule has 1 aromatic carbocycles. The number of nitrogens with one attached hydrogen (secondary N) is 1. The van der Waals surface area contributed by atoms with Crippen LogP contribution in [0.15, 0.2) is 41.8 Å². The van der Waals surface area contributed by atoms with E-state index in [9.17, 15) is 4.79 Å². The van der Waals surface area contributed by atoms with Gasteiger partial charge in [-0.1, -0.05) is 17.7 Å². The van der Waals surface area contributed by atoms with Crippen LogP contribution in [0.3, 0.4) is 0 Å². The minimum atomic E-state index is 0.258. The van der Waals surface area contributed by atoms with E-state index in [-0.39, 0.29) is 5.91 Å². The Kier molecular flexibility index (Phi) is 4.15. The molecule has 1 aliphatic heterocycles. The van der Waals surface area contributed by atoms with Gasteiger partial charge in [-0.25, -0.2) is 0 Å². The van der Waals surface area contributed by atoms with E-state index in [1.807, 2.05) is 22.4 Å². The van der Waals surface area contributed by atoms with Gasteiger partial charge in [-0.3, -0.25) is 4.79 Å². The second-order valence-electron chi connectivity index (χ2n) is 6.75. The number of aryl methyl sites for hydroxylation is 1. The van der Waals surface area contributed by atoms with Gasteiger partial charge in [-0.05, 0) is 54.8 Å². The molecule has 0 radical (unpaired) electrons. The SMILES string of the molecule is Cc1ccc2[nH]c(C3CCCN(C(=O)Cc4cccs4)C3)cc2c1. The van der Waals surface area contributed by atoms with Crippen LogP contribution in [-0.2, 0) is 11.2 Å². The minimum absolute atomic E-state index is 0.258. The molecule has 1 saturated heterocycles. The van der Waals surface area contributed by atoms with Crippen molar-refractivity contribution in [2.24, 2.45) is 0 Å². The van der Waals surface area contributed by atoms with Crippen molar-refractivity contribution >= 4 is 28.1 Å². The summed E-state index contributed by atoms with van der Waals surface area (Å²) in [6.45, 7) is 3.84. The zero-order valence-corrected chi connectivity index (χ0v) is 14.7. The van der Waals surface area contributed by atoms with Crippen LogP contribution >= 0.6 is 11.3 Å². The smallest absolute Gasteiger partial charge is 0.227 e. The molecule has 1 N–H and O–H groups in total. The lowest BCUT2D eigenvalue weighted by atomic mass is 9.94. The van der Waals surface area contributed by atoms with Gasteiger partial charge in [0.15, 0.2) is 0 Å². The van der Waals surface area contributed by atoms with Crippen LogP contribution in [0.1, 0.15) is 34.9 Å². The molecule has 3 nitrogen and oxygen atoms in total. The highest BCUT2D eigenvalue weighted by Crippen LogP contribution is 2.29. The van der Waals surface area contributed by atoms with Crippen molar-refractivity contribution in [3.05, 3.63) is 57.9 Å². The van der Waals surface area contributed by atoms with Crippen molar-refractivity contribution < 1.29 is 4.79 Å². The molecule has 2 aromatic heterocycles. The molecule has 0 bridgehead atoms. The number of hydrogen-bond acceptors (Lipinski definition) is 2. The third-order valence-electron chi connectivity index (χ3n) is 4.92. The lowest BCUT2D eigenvalue weighted by Crippen LogP contribution is -2.39. The number of aromatic nitrogens is 1. The number of likely N-dealkylation sites (tertiary alicyclic amines) is 1. The molecular formula is C20H22N2OS. The van der Waals surface area contributed by atoms with Crippen LogP contribution in [0, 0.1) is 6.92 Å². The number of nitrogens with zero attached hydrogens (tertiary/aromatic N) is 1. The van der Waals surface area contributed by atoms with Gasteiger partial charge in [0.2, 0.25) is 5.91 Å². The van der Waals surface area contributed by atoms with Crippen LogP contribution in [0.2, 0.25) is 0 Å². The average Bonchev–Trinajstić information content (AvgIpc) is 3.24. The molecular weight excluding hydrogens is 316 g/mol. The van der Waals surface area contributed by atoms with Crippen molar-refractivity contribution in [1.82, 2.24) is 9.88 Å². The maximum Gasteiger partial charge on any atom is 0.227 e. The third-order valence-corrected chi connectivity index (χ3v) is 5.79. The van der Waals surface area contributed by atoms with E-state index in [0.717, 1.165) is 30.8 Å². The lowest BCUT2D eigenvalue weighted by molar-refractivity contribution is -0.131. The van der Waals surface area contributed by atoms with Crippen molar-refractivity contribution in [1.29, 1.82) is 0 Å². The number of carbonyl (C=O) groups excluding carboxylic acids is 1. The van der Waals surface area contributed by atoms with Gasteiger partial charge in [0.05, 0.1) is 6.42 Å². The van der Waals surface area contributed by atoms with Gasteiger partial charge < -0.3 is 9.88 Å². The Hall–Kier alpha value is -2.07. The minimum Gasteiger partial charge on any atom is -0.358 e. The molecule has 24 heavy (non-hydrogen) atoms. The first kappa shape index (κ1) is 15.5. The number of carbonyl (C=O) groups is 1. The first-order valence-corrected chi connectivity index (χ1v) is 9.46. The number of hydrogen-bond donors (Lipinski definition) is 1. The highest BCUT2D eigenvalue weighted by molar-refractivity contribution is 7.10. The second-order valence-corrected chi connectivity index (χ2v) is 7.78. The van der Waals surface area contributed by atoms with Gasteiger partial charge in [0.25, 0.3) is 0 Å². The molecule has 3 aromatic rings. The summed E-state index contributed by atoms with van der Waals surface area (Å²) in [6, 6.07) is 12.8. The zero-order valence-electron chi connectivity index (χ0n) is 13.9. The Labute approximate surface area is 146 Å². The molecule has 0 aliphatic carbocycles. The monoisotopic (exact) mass is 338 g/mol. The summed E-state index contributed by atoms with van der Waals surface area (Å²) in [6.07, 6.45) is 2.76. The Balaban J connectivity index is 1.50. The van der Waals surface area contributed by atoms with E-state index < -0.39 is 0 Å². The summed E-state index contributed by atoms with van der Waals surface area (Å²) in [5.41, 5.74) is 3.74. The standard InChI is InChI=1S/C20H22N2OS/c1-14-6-7-18-16(10-14)11-19(21-18)15-4-2-8-22(13-15)20(23)12-17-5-3-9-24-17/h3,5-7,9-11,15,21H,2,4,8,12-13H2,1H3. The number of piperidine rings is 1. The fourth-order valence-electron chi connectivity index (χ4n) is 3.63. The predicted octanol–water partition coefficient (Wildman–Crippen LogP) is 4.49. The summed E-state index contributed by atoms with van der Waals surface area (Å²) < 4.78 is 0. The number of fused-ring (bicyclic) bond motifs is 1. The third kappa shape index (κ3) is 3.11. The quantitative estimate of drug-likeness (QED) is 0.750. The Morgan fingerprint density at radius 2 is 2.25 bits per heavy atom. The fraction of sp³-hybridized carbons (Fsp3) is 0.350. The Bertz CT molecular complexity index is 850. The molecule has 1 fully saturated rings. The largest absolute Gasteiger partial charge is 0.358 e. The highest BCUT2D eigenvalue weighted by atomic mass is 32.1. The maximum atomic E-state index is 12.6. The van der Waals surface area contributed by atoms with Crippen LogP contribution in [0.5, 0.6) is 0 Å². The fourth-order valence-corrected chi connectivity index (χ4v) is 4.32. The summed E-state index contributed by atoms with van der Waals surface area (Å²) >= 11 is 1.66. The van der Waals surface area contributed by atoms with Crippen LogP contribution in [0.25, 0.3) is 10.9 Å². The molecule has 4 heteroatoms. The number of rotatable bonds is 3. The van der Waals surface area contributed by atoms with Crippen LogP contribution in [0.4, 0.5) is 0 Å². The number of H-pyrrole nitrogens is 1. The van der Waals surface area contributed by atoms with E-state index in [4.69, 9.17) is 0 Å². The highest BCUT2D eigenvalue weighted by Gasteiger charge is 2.26. The van der Waals surface area contributed by atoms with Gasteiger partial charge in [0, 0.05) is 35.1 Å². The van der Waals surface area contributed by atoms with Crippen molar-refractivity contribution in [2.45, 2.75) is 32.1 Å². The van der Waals surface area contributed by atoms with Gasteiger partial charge in [-0.2, -0.15) is 0 Å². The molecule has 124 valence electrons. The van der Waals surface area contributed by atoms with Crippen LogP contribution in [-0.4, -0.2) is 28.9 Å². The van der Waals surface area contributed by atoms with E-state index in [2.05, 4.69) is 36.2 Å². The first-order valence-electron chi connectivity index (χ1n) is 8.58. The van der Waals surface area contributed by atoms with E-state index in [1.54, 1.807) is 11.3 Å². The van der Waals surface area contributed by atoms with Gasteiger partial charge >= 0.3 is 0 Å². The summed E-state index contributed by atoms with van der Waals surface area (Å²) in [7, 11) is 0. The normalized spacial score (nSPS) is 18.2. The molecule has 0 saturated carbocycles. The average molecular weight is 338 g/mol. The summed E-state index contributed by atoms with van der Waals surface area (Å²) in [4.78, 5) is 19.3. The molecule has 1 amide bonds. The number of thiophene rings is 1. The summed E-state index contributed by atoms with van der Waals surface area (Å²) in [5, 5.41) is 3.31. The molecule has 4 rings (SSSR count). The van der Waals surface area contributed by atoms with Gasteiger partial charge in [-0.15, -0.1) is 11.3 Å². The molecule has 3 heterocycles. The lowest BCUT2D eigenvalue weighted by Gasteiger charge is -2.32. The maximum absolute atomic E-state index is 12.6. The van der Waals surface area contributed by atoms with Crippen molar-refractivity contribution in [3.63, 3.8) is 0 Å². The molecule has 1 aliphatic rings. The number of amides is 1. The first-order chi connectivity index (χ1) is 11.7. The second kappa shape index (κ2) is 6.44. The van der Waals surface area contributed by atoms with Crippen LogP contribution < -0.4 is 0 Å². The topological polar surface area (TPSA) is 36.1 Å². The molecule has 1 atom stereocenters. The predicted molar refractivity (Wildman–Crippen MR) is 99.6 cm³/mol. The molecule has 1 unspecified atom stereocenters. The van der Waals surface area contributed by atoms with Crippen molar-refractivity contribution in [2.75, 3.05) is 13.1 Å². The van der Waals surface area contributed by atoms with E-state index in [1.165, 1.54) is 22.2 Å².